The predicted octanol–water partition coefficient (Wildman–Crippen LogP) is 4.58. The van der Waals surface area contributed by atoms with Crippen molar-refractivity contribution >= 4 is 0 Å². The summed E-state index contributed by atoms with van der Waals surface area (Å²) in [5, 5.41) is 0. The number of aryl methyl sites for hydroxylation is 2. The summed E-state index contributed by atoms with van der Waals surface area (Å²) in [4.78, 5) is 2.40. The molecule has 20 heavy (non-hydrogen) atoms. The summed E-state index contributed by atoms with van der Waals surface area (Å²) in [6, 6.07) is 3.45. The van der Waals surface area contributed by atoms with Crippen molar-refractivity contribution in [3.63, 3.8) is 0 Å². The van der Waals surface area contributed by atoms with Gasteiger partial charge in [0.05, 0.1) is 0 Å². The fourth-order valence-corrected chi connectivity index (χ4v) is 2.56. The van der Waals surface area contributed by atoms with E-state index in [1.54, 1.807) is 12.1 Å². The van der Waals surface area contributed by atoms with Crippen molar-refractivity contribution in [3.05, 3.63) is 34.9 Å². The van der Waals surface area contributed by atoms with Crippen LogP contribution in [0.3, 0.4) is 0 Å². The van der Waals surface area contributed by atoms with Gasteiger partial charge >= 0.3 is 0 Å². The monoisotopic (exact) mass is 283 g/mol. The number of halogens is 2. The Morgan fingerprint density at radius 2 is 1.40 bits per heavy atom. The molecule has 0 fully saturated rings. The lowest BCUT2D eigenvalue weighted by atomic mass is 10.0. The summed E-state index contributed by atoms with van der Waals surface area (Å²) in [7, 11) is 0. The molecule has 1 aromatic rings. The van der Waals surface area contributed by atoms with Crippen LogP contribution >= 0.6 is 0 Å². The summed E-state index contributed by atoms with van der Waals surface area (Å²) in [5.74, 6) is -1.31. The molecule has 1 rings (SSSR count). The zero-order valence-corrected chi connectivity index (χ0v) is 13.0. The standard InChI is InChI=1S/C17H27F2N/c1-4-11-20(12-5-2)13-7-8-15-10-9-14(6-3)16(18)17(15)19/h9-10H,4-8,11-13H2,1-3H3. The Labute approximate surface area is 122 Å². The third kappa shape index (κ3) is 4.86. The van der Waals surface area contributed by atoms with Gasteiger partial charge in [-0.3, -0.25) is 0 Å². The van der Waals surface area contributed by atoms with Crippen LogP contribution in [0, 0.1) is 11.6 Å². The summed E-state index contributed by atoms with van der Waals surface area (Å²) in [6.45, 7) is 9.30. The van der Waals surface area contributed by atoms with Crippen molar-refractivity contribution in [3.8, 4) is 0 Å². The predicted molar refractivity (Wildman–Crippen MR) is 81.1 cm³/mol. The van der Waals surface area contributed by atoms with Crippen LogP contribution in [0.1, 0.15) is 51.2 Å². The highest BCUT2D eigenvalue weighted by molar-refractivity contribution is 5.26. The van der Waals surface area contributed by atoms with E-state index in [-0.39, 0.29) is 0 Å². The van der Waals surface area contributed by atoms with Gasteiger partial charge in [-0.05, 0) is 62.9 Å². The molecular formula is C17H27F2N. The van der Waals surface area contributed by atoms with E-state index in [0.29, 0.717) is 24.0 Å². The highest BCUT2D eigenvalue weighted by Gasteiger charge is 2.12. The van der Waals surface area contributed by atoms with Crippen molar-refractivity contribution < 1.29 is 8.78 Å². The van der Waals surface area contributed by atoms with Crippen LogP contribution in [0.4, 0.5) is 8.78 Å². The smallest absolute Gasteiger partial charge is 0.162 e. The lowest BCUT2D eigenvalue weighted by Crippen LogP contribution is -2.26. The van der Waals surface area contributed by atoms with Gasteiger partial charge in [-0.2, -0.15) is 0 Å². The number of benzene rings is 1. The summed E-state index contributed by atoms with van der Waals surface area (Å²) < 4.78 is 27.6. The molecule has 0 unspecified atom stereocenters. The van der Waals surface area contributed by atoms with Crippen LogP contribution in [0.15, 0.2) is 12.1 Å². The second-order valence-electron chi connectivity index (χ2n) is 5.31. The quantitative estimate of drug-likeness (QED) is 0.641. The lowest BCUT2D eigenvalue weighted by molar-refractivity contribution is 0.271. The molecule has 0 aromatic heterocycles. The van der Waals surface area contributed by atoms with Gasteiger partial charge in [-0.1, -0.05) is 32.9 Å². The van der Waals surface area contributed by atoms with E-state index in [2.05, 4.69) is 18.7 Å². The minimum Gasteiger partial charge on any atom is -0.303 e. The van der Waals surface area contributed by atoms with Gasteiger partial charge < -0.3 is 4.90 Å². The minimum absolute atomic E-state index is 0.463. The van der Waals surface area contributed by atoms with E-state index >= 15 is 0 Å². The van der Waals surface area contributed by atoms with Crippen molar-refractivity contribution in [1.29, 1.82) is 0 Å². The van der Waals surface area contributed by atoms with E-state index in [9.17, 15) is 8.78 Å². The van der Waals surface area contributed by atoms with Gasteiger partial charge in [0.1, 0.15) is 0 Å². The van der Waals surface area contributed by atoms with Crippen molar-refractivity contribution in [2.24, 2.45) is 0 Å². The Morgan fingerprint density at radius 1 is 0.850 bits per heavy atom. The Bertz CT molecular complexity index is 398. The molecule has 0 atom stereocenters. The molecule has 0 spiro atoms. The summed E-state index contributed by atoms with van der Waals surface area (Å²) >= 11 is 0. The van der Waals surface area contributed by atoms with E-state index in [1.807, 2.05) is 6.92 Å². The molecule has 0 saturated heterocycles. The maximum atomic E-state index is 13.9. The van der Waals surface area contributed by atoms with E-state index in [0.717, 1.165) is 38.9 Å². The molecule has 0 heterocycles. The van der Waals surface area contributed by atoms with Crippen LogP contribution in [0.2, 0.25) is 0 Å². The molecule has 0 saturated carbocycles. The van der Waals surface area contributed by atoms with E-state index < -0.39 is 11.6 Å². The summed E-state index contributed by atoms with van der Waals surface area (Å²) in [6.07, 6.45) is 4.28. The lowest BCUT2D eigenvalue weighted by Gasteiger charge is -2.20. The van der Waals surface area contributed by atoms with Crippen LogP contribution in [-0.2, 0) is 12.8 Å². The number of rotatable bonds is 9. The zero-order valence-electron chi connectivity index (χ0n) is 13.0. The van der Waals surface area contributed by atoms with Gasteiger partial charge in [0.15, 0.2) is 11.6 Å². The Kier molecular flexibility index (Phi) is 7.75. The molecule has 0 aliphatic heterocycles. The summed E-state index contributed by atoms with van der Waals surface area (Å²) in [5.41, 5.74) is 0.970. The molecule has 0 aliphatic rings. The third-order valence-corrected chi connectivity index (χ3v) is 3.62. The minimum atomic E-state index is -0.663. The molecule has 1 aromatic carbocycles. The fourth-order valence-electron chi connectivity index (χ4n) is 2.56. The van der Waals surface area contributed by atoms with Gasteiger partial charge in [0.2, 0.25) is 0 Å². The van der Waals surface area contributed by atoms with E-state index in [1.165, 1.54) is 0 Å². The normalized spacial score (nSPS) is 11.3. The molecule has 0 N–H and O–H groups in total. The van der Waals surface area contributed by atoms with Crippen molar-refractivity contribution in [1.82, 2.24) is 4.90 Å². The SMILES string of the molecule is CCCN(CCC)CCCc1ccc(CC)c(F)c1F. The molecule has 0 amide bonds. The second kappa shape index (κ2) is 9.06. The molecular weight excluding hydrogens is 256 g/mol. The van der Waals surface area contributed by atoms with Crippen LogP contribution in [0.5, 0.6) is 0 Å². The van der Waals surface area contributed by atoms with Gasteiger partial charge in [0, 0.05) is 0 Å². The maximum absolute atomic E-state index is 13.9. The first kappa shape index (κ1) is 17.1. The number of nitrogens with zero attached hydrogens (tertiary/aromatic N) is 1. The van der Waals surface area contributed by atoms with Crippen molar-refractivity contribution in [2.75, 3.05) is 19.6 Å². The van der Waals surface area contributed by atoms with Gasteiger partial charge in [-0.25, -0.2) is 8.78 Å². The number of hydrogen-bond acceptors (Lipinski definition) is 1. The first-order chi connectivity index (χ1) is 9.63. The topological polar surface area (TPSA) is 3.24 Å². The van der Waals surface area contributed by atoms with Gasteiger partial charge in [0.25, 0.3) is 0 Å². The first-order valence-corrected chi connectivity index (χ1v) is 7.82. The van der Waals surface area contributed by atoms with Crippen LogP contribution in [0.25, 0.3) is 0 Å². The van der Waals surface area contributed by atoms with E-state index in [4.69, 9.17) is 0 Å². The first-order valence-electron chi connectivity index (χ1n) is 7.82. The molecule has 0 bridgehead atoms. The Morgan fingerprint density at radius 3 is 1.95 bits per heavy atom. The molecule has 3 heteroatoms. The molecule has 0 radical (unpaired) electrons. The molecule has 114 valence electrons. The zero-order chi connectivity index (χ0) is 15.0. The second-order valence-corrected chi connectivity index (χ2v) is 5.31. The third-order valence-electron chi connectivity index (χ3n) is 3.62. The fraction of sp³-hybridized carbons (Fsp3) is 0.647. The Hall–Kier alpha value is -0.960. The van der Waals surface area contributed by atoms with Crippen LogP contribution < -0.4 is 0 Å². The largest absolute Gasteiger partial charge is 0.303 e. The highest BCUT2D eigenvalue weighted by Crippen LogP contribution is 2.18. The van der Waals surface area contributed by atoms with Gasteiger partial charge in [-0.15, -0.1) is 0 Å². The van der Waals surface area contributed by atoms with Crippen LogP contribution in [-0.4, -0.2) is 24.5 Å². The molecule has 1 nitrogen and oxygen atoms in total. The molecule has 0 aliphatic carbocycles. The average Bonchev–Trinajstić information content (AvgIpc) is 2.44. The number of hydrogen-bond donors (Lipinski definition) is 0. The van der Waals surface area contributed by atoms with Crippen molar-refractivity contribution in [2.45, 2.75) is 52.9 Å². The highest BCUT2D eigenvalue weighted by atomic mass is 19.2. The Balaban J connectivity index is 2.55. The average molecular weight is 283 g/mol. The maximum Gasteiger partial charge on any atom is 0.162 e.